The molecule has 2 rings (SSSR count). The molecule has 23 heavy (non-hydrogen) atoms. The van der Waals surface area contributed by atoms with Gasteiger partial charge in [-0.15, -0.1) is 0 Å². The van der Waals surface area contributed by atoms with E-state index >= 15 is 0 Å². The number of carbonyl (C=O) groups excluding carboxylic acids is 2. The van der Waals surface area contributed by atoms with E-state index < -0.39 is 17.7 Å². The summed E-state index contributed by atoms with van der Waals surface area (Å²) in [7, 11) is 1.54. The summed E-state index contributed by atoms with van der Waals surface area (Å²) >= 11 is 0. The minimum atomic E-state index is -0.591. The topological polar surface area (TPSA) is 79.7 Å². The maximum absolute atomic E-state index is 12.6. The summed E-state index contributed by atoms with van der Waals surface area (Å²) in [6.45, 7) is 4.48. The van der Waals surface area contributed by atoms with Crippen LogP contribution < -0.4 is 0 Å². The number of amides is 1. The Bertz CT molecular complexity index is 610. The van der Waals surface area contributed by atoms with E-state index in [1.54, 1.807) is 31.6 Å². The number of rotatable bonds is 7. The van der Waals surface area contributed by atoms with Crippen LogP contribution in [0, 0.1) is 5.92 Å². The van der Waals surface area contributed by atoms with Crippen molar-refractivity contribution in [1.82, 2.24) is 9.88 Å². The highest BCUT2D eigenvalue weighted by atomic mass is 16.5. The van der Waals surface area contributed by atoms with Crippen molar-refractivity contribution in [3.05, 3.63) is 41.4 Å². The van der Waals surface area contributed by atoms with Crippen LogP contribution in [0.25, 0.3) is 0 Å². The van der Waals surface area contributed by atoms with E-state index in [0.29, 0.717) is 13.2 Å². The second-order valence-electron chi connectivity index (χ2n) is 5.96. The maximum atomic E-state index is 12.6. The normalized spacial score (nSPS) is 18.2. The number of hydrogen-bond donors (Lipinski definition) is 1. The van der Waals surface area contributed by atoms with Crippen molar-refractivity contribution in [2.75, 3.05) is 20.3 Å². The number of ether oxygens (including phenoxy) is 1. The summed E-state index contributed by atoms with van der Waals surface area (Å²) < 4.78 is 5.04. The fourth-order valence-electron chi connectivity index (χ4n) is 2.73. The quantitative estimate of drug-likeness (QED) is 0.832. The standard InChI is InChI=1S/C17H22N2O4/c1-11(2)10-13(20)14-15(12-4-6-18-7-5-12)19(8-9-23-3)17(22)16(14)21/h4-7,11,15,21H,8-10H2,1-3H3. The molecule has 0 saturated carbocycles. The third kappa shape index (κ3) is 3.59. The van der Waals surface area contributed by atoms with Gasteiger partial charge in [-0.3, -0.25) is 14.6 Å². The van der Waals surface area contributed by atoms with Gasteiger partial charge in [0, 0.05) is 32.5 Å². The molecule has 1 aromatic heterocycles. The number of methoxy groups -OCH3 is 1. The van der Waals surface area contributed by atoms with Crippen LogP contribution in [0.3, 0.4) is 0 Å². The Morgan fingerprint density at radius 1 is 1.39 bits per heavy atom. The first kappa shape index (κ1) is 17.1. The zero-order chi connectivity index (χ0) is 17.0. The molecule has 0 fully saturated rings. The third-order valence-corrected chi connectivity index (χ3v) is 3.76. The Morgan fingerprint density at radius 3 is 2.61 bits per heavy atom. The fourth-order valence-corrected chi connectivity index (χ4v) is 2.73. The summed E-state index contributed by atoms with van der Waals surface area (Å²) in [4.78, 5) is 30.4. The number of nitrogens with zero attached hydrogens (tertiary/aromatic N) is 2. The number of pyridine rings is 1. The Hall–Kier alpha value is -2.21. The highest BCUT2D eigenvalue weighted by Crippen LogP contribution is 2.38. The van der Waals surface area contributed by atoms with Crippen LogP contribution in [0.15, 0.2) is 35.9 Å². The Balaban J connectivity index is 2.43. The molecule has 0 aromatic carbocycles. The lowest BCUT2D eigenvalue weighted by Gasteiger charge is -2.26. The molecular weight excluding hydrogens is 296 g/mol. The van der Waals surface area contributed by atoms with Crippen molar-refractivity contribution in [1.29, 1.82) is 0 Å². The summed E-state index contributed by atoms with van der Waals surface area (Å²) in [5.41, 5.74) is 0.923. The molecule has 0 spiro atoms. The molecule has 1 aromatic rings. The number of hydrogen-bond acceptors (Lipinski definition) is 5. The van der Waals surface area contributed by atoms with Gasteiger partial charge in [-0.05, 0) is 23.6 Å². The summed E-state index contributed by atoms with van der Waals surface area (Å²) in [6, 6.07) is 2.91. The first-order valence-corrected chi connectivity index (χ1v) is 7.63. The van der Waals surface area contributed by atoms with E-state index in [-0.39, 0.29) is 23.7 Å². The lowest BCUT2D eigenvalue weighted by atomic mass is 9.92. The highest BCUT2D eigenvalue weighted by Gasteiger charge is 2.43. The van der Waals surface area contributed by atoms with E-state index in [1.807, 2.05) is 13.8 Å². The molecule has 2 heterocycles. The van der Waals surface area contributed by atoms with Crippen LogP contribution in [-0.4, -0.2) is 46.9 Å². The molecule has 0 saturated heterocycles. The minimum Gasteiger partial charge on any atom is -0.503 e. The van der Waals surface area contributed by atoms with Crippen LogP contribution in [0.2, 0.25) is 0 Å². The molecule has 1 amide bonds. The predicted molar refractivity (Wildman–Crippen MR) is 84.7 cm³/mol. The Morgan fingerprint density at radius 2 is 2.04 bits per heavy atom. The Kier molecular flexibility index (Phi) is 5.50. The van der Waals surface area contributed by atoms with Crippen LogP contribution >= 0.6 is 0 Å². The lowest BCUT2D eigenvalue weighted by molar-refractivity contribution is -0.130. The van der Waals surface area contributed by atoms with Crippen LogP contribution in [0.1, 0.15) is 31.9 Å². The van der Waals surface area contributed by atoms with Gasteiger partial charge in [-0.1, -0.05) is 13.8 Å². The van der Waals surface area contributed by atoms with Gasteiger partial charge in [0.25, 0.3) is 5.91 Å². The summed E-state index contributed by atoms with van der Waals surface area (Å²) in [6.07, 6.45) is 3.49. The molecule has 1 aliphatic heterocycles. The third-order valence-electron chi connectivity index (χ3n) is 3.76. The number of aromatic nitrogens is 1. The second kappa shape index (κ2) is 7.37. The molecule has 6 heteroatoms. The van der Waals surface area contributed by atoms with Crippen molar-refractivity contribution in [2.24, 2.45) is 5.92 Å². The molecule has 0 aliphatic carbocycles. The molecule has 0 bridgehead atoms. The average Bonchev–Trinajstić information content (AvgIpc) is 2.77. The minimum absolute atomic E-state index is 0.143. The van der Waals surface area contributed by atoms with Gasteiger partial charge in [-0.2, -0.15) is 0 Å². The zero-order valence-electron chi connectivity index (χ0n) is 13.7. The van der Waals surface area contributed by atoms with Crippen molar-refractivity contribution in [2.45, 2.75) is 26.3 Å². The molecule has 124 valence electrons. The SMILES string of the molecule is COCCN1C(=O)C(O)=C(C(=O)CC(C)C)C1c1ccncc1. The number of aliphatic hydroxyl groups excluding tert-OH is 1. The van der Waals surface area contributed by atoms with E-state index in [0.717, 1.165) is 5.56 Å². The van der Waals surface area contributed by atoms with Crippen molar-refractivity contribution in [3.63, 3.8) is 0 Å². The number of carbonyl (C=O) groups is 2. The molecule has 1 atom stereocenters. The molecule has 0 radical (unpaired) electrons. The van der Waals surface area contributed by atoms with Gasteiger partial charge in [-0.25, -0.2) is 0 Å². The molecular formula is C17H22N2O4. The number of Topliss-reactive ketones (excluding diaryl/α,β-unsaturated/α-hetero) is 1. The largest absolute Gasteiger partial charge is 0.503 e. The molecule has 1 unspecified atom stereocenters. The van der Waals surface area contributed by atoms with Crippen molar-refractivity contribution in [3.8, 4) is 0 Å². The predicted octanol–water partition coefficient (Wildman–Crippen LogP) is 2.04. The monoisotopic (exact) mass is 318 g/mol. The van der Waals surface area contributed by atoms with Gasteiger partial charge in [0.2, 0.25) is 0 Å². The van der Waals surface area contributed by atoms with E-state index in [2.05, 4.69) is 4.98 Å². The molecule has 1 N–H and O–H groups in total. The first-order valence-electron chi connectivity index (χ1n) is 7.63. The van der Waals surface area contributed by atoms with Crippen LogP contribution in [0.5, 0.6) is 0 Å². The molecule has 6 nitrogen and oxygen atoms in total. The smallest absolute Gasteiger partial charge is 0.290 e. The Labute approximate surface area is 135 Å². The van der Waals surface area contributed by atoms with Gasteiger partial charge >= 0.3 is 0 Å². The second-order valence-corrected chi connectivity index (χ2v) is 5.96. The van der Waals surface area contributed by atoms with Crippen molar-refractivity contribution < 1.29 is 19.4 Å². The van der Waals surface area contributed by atoms with Gasteiger partial charge < -0.3 is 14.7 Å². The van der Waals surface area contributed by atoms with Crippen LogP contribution in [-0.2, 0) is 14.3 Å². The van der Waals surface area contributed by atoms with Crippen molar-refractivity contribution >= 4 is 11.7 Å². The number of aliphatic hydroxyl groups is 1. The fraction of sp³-hybridized carbons (Fsp3) is 0.471. The maximum Gasteiger partial charge on any atom is 0.290 e. The van der Waals surface area contributed by atoms with Gasteiger partial charge in [0.1, 0.15) is 0 Å². The van der Waals surface area contributed by atoms with E-state index in [9.17, 15) is 14.7 Å². The lowest BCUT2D eigenvalue weighted by Crippen LogP contribution is -2.34. The first-order chi connectivity index (χ1) is 11.0. The average molecular weight is 318 g/mol. The zero-order valence-corrected chi connectivity index (χ0v) is 13.7. The van der Waals surface area contributed by atoms with Gasteiger partial charge in [0.05, 0.1) is 18.2 Å². The summed E-state index contributed by atoms with van der Waals surface area (Å²) in [5, 5.41) is 10.3. The van der Waals surface area contributed by atoms with Gasteiger partial charge in [0.15, 0.2) is 11.5 Å². The summed E-state index contributed by atoms with van der Waals surface area (Å²) in [5.74, 6) is -1.04. The van der Waals surface area contributed by atoms with E-state index in [4.69, 9.17) is 4.74 Å². The number of ketones is 1. The highest BCUT2D eigenvalue weighted by molar-refractivity contribution is 6.09. The van der Waals surface area contributed by atoms with E-state index in [1.165, 1.54) is 4.90 Å². The molecule has 1 aliphatic rings. The van der Waals surface area contributed by atoms with Crippen LogP contribution in [0.4, 0.5) is 0 Å².